The third-order valence-corrected chi connectivity index (χ3v) is 7.51. The lowest BCUT2D eigenvalue weighted by molar-refractivity contribution is 0.241. The van der Waals surface area contributed by atoms with Gasteiger partial charge in [0.05, 0.1) is 22.7 Å². The fraction of sp³-hybridized carbons (Fsp3) is 0.333. The number of benzene rings is 2. The van der Waals surface area contributed by atoms with Gasteiger partial charge in [0.25, 0.3) is 5.88 Å². The Morgan fingerprint density at radius 3 is 2.47 bits per heavy atom. The van der Waals surface area contributed by atoms with E-state index in [2.05, 4.69) is 19.6 Å². The van der Waals surface area contributed by atoms with Crippen LogP contribution in [0.15, 0.2) is 42.6 Å². The minimum absolute atomic E-state index is 0.0226. The first kappa shape index (κ1) is 26.1. The average Bonchev–Trinajstić information content (AvgIpc) is 2.87. The molecule has 4 rings (SSSR count). The lowest BCUT2D eigenvalue weighted by atomic mass is 10.1. The lowest BCUT2D eigenvalue weighted by Crippen LogP contribution is -2.35. The summed E-state index contributed by atoms with van der Waals surface area (Å²) in [6.07, 6.45) is 4.83. The Bertz CT molecular complexity index is 1320. The van der Waals surface area contributed by atoms with Crippen LogP contribution in [-0.4, -0.2) is 48.7 Å². The van der Waals surface area contributed by atoms with E-state index in [0.717, 1.165) is 38.1 Å². The first-order valence-corrected chi connectivity index (χ1v) is 13.5. The molecule has 0 unspecified atom stereocenters. The molecule has 0 radical (unpaired) electrons. The summed E-state index contributed by atoms with van der Waals surface area (Å²) < 4.78 is 60.7. The minimum atomic E-state index is -3.49. The molecule has 2 aromatic carbocycles. The highest BCUT2D eigenvalue weighted by Gasteiger charge is 2.17. The fourth-order valence-electron chi connectivity index (χ4n) is 3.84. The molecule has 0 atom stereocenters. The van der Waals surface area contributed by atoms with Crippen LogP contribution in [0.3, 0.4) is 0 Å². The molecule has 36 heavy (non-hydrogen) atoms. The summed E-state index contributed by atoms with van der Waals surface area (Å²) in [5.74, 6) is -1.58. The summed E-state index contributed by atoms with van der Waals surface area (Å²) in [6, 6.07) is 8.47. The van der Waals surface area contributed by atoms with Crippen molar-refractivity contribution >= 4 is 33.1 Å². The zero-order chi connectivity index (χ0) is 25.7. The number of ether oxygens (including phenoxy) is 1. The highest BCUT2D eigenvalue weighted by Crippen LogP contribution is 2.27. The van der Waals surface area contributed by atoms with Crippen molar-refractivity contribution in [3.63, 3.8) is 0 Å². The Morgan fingerprint density at radius 1 is 1.06 bits per heavy atom. The third kappa shape index (κ3) is 6.59. The van der Waals surface area contributed by atoms with E-state index in [1.54, 1.807) is 24.3 Å². The van der Waals surface area contributed by atoms with E-state index in [-0.39, 0.29) is 28.0 Å². The van der Waals surface area contributed by atoms with Gasteiger partial charge < -0.3 is 15.4 Å². The van der Waals surface area contributed by atoms with Gasteiger partial charge in [0.2, 0.25) is 10.0 Å². The van der Waals surface area contributed by atoms with Crippen molar-refractivity contribution in [2.24, 2.45) is 0 Å². The van der Waals surface area contributed by atoms with Gasteiger partial charge in [-0.1, -0.05) is 30.2 Å². The van der Waals surface area contributed by atoms with Gasteiger partial charge in [-0.3, -0.25) is 4.72 Å². The third-order valence-electron chi connectivity index (χ3n) is 5.84. The number of halogens is 3. The van der Waals surface area contributed by atoms with E-state index < -0.39 is 28.3 Å². The number of nitrogens with two attached hydrogens (primary N) is 1. The zero-order valence-corrected chi connectivity index (χ0v) is 21.0. The molecule has 0 amide bonds. The number of hydrogen-bond donors (Lipinski definition) is 2. The van der Waals surface area contributed by atoms with Gasteiger partial charge >= 0.3 is 0 Å². The number of sulfonamides is 1. The average molecular weight is 538 g/mol. The molecule has 1 aliphatic rings. The van der Waals surface area contributed by atoms with Crippen LogP contribution >= 0.6 is 11.6 Å². The summed E-state index contributed by atoms with van der Waals surface area (Å²) in [6.45, 7) is 1.97. The first-order valence-electron chi connectivity index (χ1n) is 11.4. The number of piperidine rings is 1. The number of hydrogen-bond acceptors (Lipinski definition) is 7. The number of likely N-dealkylation sites (tertiary alicyclic amines) is 1. The maximum absolute atomic E-state index is 14.0. The highest BCUT2D eigenvalue weighted by atomic mass is 35.5. The van der Waals surface area contributed by atoms with Crippen molar-refractivity contribution in [2.75, 3.05) is 35.8 Å². The van der Waals surface area contributed by atoms with Crippen molar-refractivity contribution in [1.29, 1.82) is 0 Å². The van der Waals surface area contributed by atoms with Crippen LogP contribution in [0.4, 0.5) is 20.3 Å². The molecule has 192 valence electrons. The van der Waals surface area contributed by atoms with Gasteiger partial charge in [-0.2, -0.15) is 0 Å². The van der Waals surface area contributed by atoms with Crippen LogP contribution in [0.25, 0.3) is 11.3 Å². The Labute approximate surface area is 213 Å². The molecule has 1 aromatic heterocycles. The predicted octanol–water partition coefficient (Wildman–Crippen LogP) is 4.46. The monoisotopic (exact) mass is 537 g/mol. The molecule has 1 fully saturated rings. The van der Waals surface area contributed by atoms with E-state index in [0.29, 0.717) is 23.5 Å². The molecule has 0 spiro atoms. The van der Waals surface area contributed by atoms with Crippen LogP contribution in [0.1, 0.15) is 24.8 Å². The molecule has 12 heteroatoms. The molecule has 3 N–H and O–H groups in total. The van der Waals surface area contributed by atoms with Crippen molar-refractivity contribution in [3.8, 4) is 17.1 Å². The SMILES string of the molecule is Nc1ncc(-c2ccc(NS(=O)(=O)CCN3CCCCC3)cc2)nc1OCc1c(F)ccc(F)c1Cl. The molecule has 0 bridgehead atoms. The number of nitrogens with one attached hydrogen (secondary N) is 1. The molecule has 8 nitrogen and oxygen atoms in total. The Balaban J connectivity index is 1.41. The quantitative estimate of drug-likeness (QED) is 0.388. The van der Waals surface area contributed by atoms with Gasteiger partial charge in [-0.25, -0.2) is 27.2 Å². The number of anilines is 2. The summed E-state index contributed by atoms with van der Waals surface area (Å²) >= 11 is 5.84. The van der Waals surface area contributed by atoms with Crippen molar-refractivity contribution < 1.29 is 21.9 Å². The molecule has 2 heterocycles. The maximum atomic E-state index is 14.0. The normalized spacial score (nSPS) is 14.5. The second kappa shape index (κ2) is 11.4. The Morgan fingerprint density at radius 2 is 1.75 bits per heavy atom. The zero-order valence-electron chi connectivity index (χ0n) is 19.4. The standard InChI is InChI=1S/C24H26ClF2N5O3S/c25-22-18(19(26)8-9-20(22)27)15-35-24-23(28)29-14-21(30-24)16-4-6-17(7-5-16)31-36(33,34)13-12-32-10-2-1-3-11-32/h4-9,14,31H,1-3,10-13,15H2,(H2,28,29). The molecule has 0 aliphatic carbocycles. The van der Waals surface area contributed by atoms with Crippen LogP contribution < -0.4 is 15.2 Å². The van der Waals surface area contributed by atoms with Crippen LogP contribution in [-0.2, 0) is 16.6 Å². The smallest absolute Gasteiger partial charge is 0.258 e. The summed E-state index contributed by atoms with van der Waals surface area (Å²) in [4.78, 5) is 10.5. The van der Waals surface area contributed by atoms with Crippen molar-refractivity contribution in [3.05, 3.63) is 64.8 Å². The second-order valence-electron chi connectivity index (χ2n) is 8.46. The van der Waals surface area contributed by atoms with E-state index in [9.17, 15) is 17.2 Å². The van der Waals surface area contributed by atoms with Crippen molar-refractivity contribution in [1.82, 2.24) is 14.9 Å². The predicted molar refractivity (Wildman–Crippen MR) is 135 cm³/mol. The van der Waals surface area contributed by atoms with Gasteiger partial charge in [0.15, 0.2) is 5.82 Å². The second-order valence-corrected chi connectivity index (χ2v) is 10.7. The molecule has 3 aromatic rings. The van der Waals surface area contributed by atoms with Crippen molar-refractivity contribution in [2.45, 2.75) is 25.9 Å². The number of nitrogens with zero attached hydrogens (tertiary/aromatic N) is 3. The molecular weight excluding hydrogens is 512 g/mol. The first-order chi connectivity index (χ1) is 17.2. The number of rotatable bonds is 9. The molecular formula is C24H26ClF2N5O3S. The van der Waals surface area contributed by atoms with Crippen LogP contribution in [0.2, 0.25) is 5.02 Å². The minimum Gasteiger partial charge on any atom is -0.470 e. The van der Waals surface area contributed by atoms with Gasteiger partial charge in [0, 0.05) is 23.4 Å². The molecule has 0 saturated carbocycles. The topological polar surface area (TPSA) is 110 Å². The summed E-state index contributed by atoms with van der Waals surface area (Å²) in [5, 5.41) is -0.383. The van der Waals surface area contributed by atoms with E-state index >= 15 is 0 Å². The summed E-state index contributed by atoms with van der Waals surface area (Å²) in [5.41, 5.74) is 7.11. The number of aromatic nitrogens is 2. The van der Waals surface area contributed by atoms with Gasteiger partial charge in [0.1, 0.15) is 18.2 Å². The maximum Gasteiger partial charge on any atom is 0.258 e. The Hall–Kier alpha value is -3.02. The lowest BCUT2D eigenvalue weighted by Gasteiger charge is -2.26. The van der Waals surface area contributed by atoms with E-state index in [1.165, 1.54) is 12.6 Å². The fourth-order valence-corrected chi connectivity index (χ4v) is 5.14. The summed E-state index contributed by atoms with van der Waals surface area (Å²) in [7, 11) is -3.49. The number of nitrogen functional groups attached to an aromatic ring is 1. The molecule has 1 aliphatic heterocycles. The van der Waals surface area contributed by atoms with Gasteiger partial charge in [-0.15, -0.1) is 0 Å². The Kier molecular flexibility index (Phi) is 8.22. The van der Waals surface area contributed by atoms with E-state index in [1.807, 2.05) is 0 Å². The highest BCUT2D eigenvalue weighted by molar-refractivity contribution is 7.92. The van der Waals surface area contributed by atoms with Crippen LogP contribution in [0.5, 0.6) is 5.88 Å². The molecule has 1 saturated heterocycles. The largest absolute Gasteiger partial charge is 0.470 e. The van der Waals surface area contributed by atoms with Gasteiger partial charge in [-0.05, 0) is 50.2 Å². The van der Waals surface area contributed by atoms with Crippen LogP contribution in [0, 0.1) is 11.6 Å². The van der Waals surface area contributed by atoms with E-state index in [4.69, 9.17) is 22.1 Å².